The summed E-state index contributed by atoms with van der Waals surface area (Å²) in [5.41, 5.74) is 6.31. The van der Waals surface area contributed by atoms with Gasteiger partial charge in [0.05, 0.1) is 17.1 Å². The Morgan fingerprint density at radius 2 is 2.33 bits per heavy atom. The highest BCUT2D eigenvalue weighted by Crippen LogP contribution is 2.20. The SMILES string of the molecule is Cn1ccnc1CNc1ccc(Cl)c(C(N)=O)c1. The van der Waals surface area contributed by atoms with Gasteiger partial charge in [-0.1, -0.05) is 11.6 Å². The van der Waals surface area contributed by atoms with Gasteiger partial charge in [0, 0.05) is 25.1 Å². The molecule has 3 N–H and O–H groups in total. The zero-order valence-electron chi connectivity index (χ0n) is 9.85. The predicted molar refractivity (Wildman–Crippen MR) is 70.5 cm³/mol. The van der Waals surface area contributed by atoms with Gasteiger partial charge in [-0.2, -0.15) is 0 Å². The molecule has 1 aromatic carbocycles. The van der Waals surface area contributed by atoms with Gasteiger partial charge in [-0.25, -0.2) is 4.98 Å². The average molecular weight is 265 g/mol. The number of hydrogen-bond donors (Lipinski definition) is 2. The number of aromatic nitrogens is 2. The molecule has 0 saturated heterocycles. The second-order valence-corrected chi connectivity index (χ2v) is 4.27. The van der Waals surface area contributed by atoms with Crippen LogP contribution in [0.15, 0.2) is 30.6 Å². The Balaban J connectivity index is 2.13. The Labute approximate surface area is 110 Å². The number of benzene rings is 1. The van der Waals surface area contributed by atoms with Gasteiger partial charge in [0.15, 0.2) is 0 Å². The molecule has 1 heterocycles. The molecular formula is C12H13ClN4O. The van der Waals surface area contributed by atoms with Crippen LogP contribution in [0, 0.1) is 0 Å². The van der Waals surface area contributed by atoms with Crippen LogP contribution in [0.3, 0.4) is 0 Å². The Hall–Kier alpha value is -2.01. The van der Waals surface area contributed by atoms with E-state index in [4.69, 9.17) is 17.3 Å². The molecule has 2 aromatic rings. The minimum absolute atomic E-state index is 0.307. The lowest BCUT2D eigenvalue weighted by atomic mass is 10.2. The van der Waals surface area contributed by atoms with Crippen LogP contribution in [0.25, 0.3) is 0 Å². The van der Waals surface area contributed by atoms with Crippen LogP contribution < -0.4 is 11.1 Å². The quantitative estimate of drug-likeness (QED) is 0.884. The number of anilines is 1. The molecule has 0 bridgehead atoms. The Morgan fingerprint density at radius 1 is 1.56 bits per heavy atom. The molecule has 0 saturated carbocycles. The summed E-state index contributed by atoms with van der Waals surface area (Å²) in [7, 11) is 1.92. The van der Waals surface area contributed by atoms with Gasteiger partial charge < -0.3 is 15.6 Å². The summed E-state index contributed by atoms with van der Waals surface area (Å²) >= 11 is 5.87. The Bertz CT molecular complexity index is 579. The maximum absolute atomic E-state index is 11.2. The van der Waals surface area contributed by atoms with Crippen molar-refractivity contribution in [3.63, 3.8) is 0 Å². The first kappa shape index (κ1) is 12.4. The van der Waals surface area contributed by atoms with Crippen molar-refractivity contribution in [2.24, 2.45) is 12.8 Å². The van der Waals surface area contributed by atoms with Crippen LogP contribution in [0.4, 0.5) is 5.69 Å². The Kier molecular flexibility index (Phi) is 3.53. The predicted octanol–water partition coefficient (Wildman–Crippen LogP) is 1.78. The summed E-state index contributed by atoms with van der Waals surface area (Å²) < 4.78 is 1.91. The molecular weight excluding hydrogens is 252 g/mol. The molecule has 0 atom stereocenters. The molecule has 94 valence electrons. The van der Waals surface area contributed by atoms with Gasteiger partial charge in [-0.15, -0.1) is 0 Å². The standard InChI is InChI=1S/C12H13ClN4O/c1-17-5-4-15-11(17)7-16-8-2-3-10(13)9(6-8)12(14)18/h2-6,16H,7H2,1H3,(H2,14,18). The van der Waals surface area contributed by atoms with Gasteiger partial charge in [0.2, 0.25) is 5.91 Å². The molecule has 0 aliphatic heterocycles. The zero-order valence-corrected chi connectivity index (χ0v) is 10.6. The maximum atomic E-state index is 11.2. The first-order valence-electron chi connectivity index (χ1n) is 5.37. The number of carbonyl (C=O) groups excluding carboxylic acids is 1. The van der Waals surface area contributed by atoms with Crippen LogP contribution in [0.2, 0.25) is 5.02 Å². The van der Waals surface area contributed by atoms with E-state index in [1.807, 2.05) is 17.8 Å². The lowest BCUT2D eigenvalue weighted by molar-refractivity contribution is 0.100. The molecule has 18 heavy (non-hydrogen) atoms. The normalized spacial score (nSPS) is 10.3. The molecule has 0 aliphatic rings. The van der Waals surface area contributed by atoms with E-state index in [9.17, 15) is 4.79 Å². The summed E-state index contributed by atoms with van der Waals surface area (Å²) in [6, 6.07) is 5.06. The molecule has 6 heteroatoms. The zero-order chi connectivity index (χ0) is 13.1. The molecule has 0 spiro atoms. The third kappa shape index (κ3) is 2.62. The first-order chi connectivity index (χ1) is 8.58. The summed E-state index contributed by atoms with van der Waals surface area (Å²) in [6.45, 7) is 0.559. The number of halogens is 1. The van der Waals surface area contributed by atoms with Crippen molar-refractivity contribution in [3.05, 3.63) is 47.0 Å². The van der Waals surface area contributed by atoms with Crippen molar-refractivity contribution in [1.29, 1.82) is 0 Å². The van der Waals surface area contributed by atoms with Crippen LogP contribution >= 0.6 is 11.6 Å². The second-order valence-electron chi connectivity index (χ2n) is 3.87. The number of nitrogens with zero attached hydrogens (tertiary/aromatic N) is 2. The van der Waals surface area contributed by atoms with Gasteiger partial charge in [-0.3, -0.25) is 4.79 Å². The lowest BCUT2D eigenvalue weighted by Gasteiger charge is -2.08. The number of rotatable bonds is 4. The topological polar surface area (TPSA) is 72.9 Å². The third-order valence-corrected chi connectivity index (χ3v) is 2.93. The minimum atomic E-state index is -0.541. The number of nitrogens with one attached hydrogen (secondary N) is 1. The van der Waals surface area contributed by atoms with Crippen molar-refractivity contribution in [3.8, 4) is 0 Å². The Morgan fingerprint density at radius 3 is 2.94 bits per heavy atom. The van der Waals surface area contributed by atoms with Crippen molar-refractivity contribution in [2.45, 2.75) is 6.54 Å². The van der Waals surface area contributed by atoms with Gasteiger partial charge in [0.25, 0.3) is 0 Å². The molecule has 2 rings (SSSR count). The van der Waals surface area contributed by atoms with E-state index in [1.165, 1.54) is 0 Å². The average Bonchev–Trinajstić information content (AvgIpc) is 2.73. The molecule has 1 amide bonds. The number of aryl methyl sites for hydroxylation is 1. The van der Waals surface area contributed by atoms with E-state index in [0.29, 0.717) is 17.1 Å². The number of primary amides is 1. The highest BCUT2D eigenvalue weighted by atomic mass is 35.5. The summed E-state index contributed by atoms with van der Waals surface area (Å²) in [5, 5.41) is 3.51. The van der Waals surface area contributed by atoms with Crippen molar-refractivity contribution in [1.82, 2.24) is 9.55 Å². The number of nitrogens with two attached hydrogens (primary N) is 1. The monoisotopic (exact) mass is 264 g/mol. The van der Waals surface area contributed by atoms with Gasteiger partial charge in [0.1, 0.15) is 5.82 Å². The highest BCUT2D eigenvalue weighted by Gasteiger charge is 2.07. The van der Waals surface area contributed by atoms with Crippen molar-refractivity contribution < 1.29 is 4.79 Å². The summed E-state index contributed by atoms with van der Waals surface area (Å²) in [4.78, 5) is 15.3. The largest absolute Gasteiger partial charge is 0.378 e. The highest BCUT2D eigenvalue weighted by molar-refractivity contribution is 6.33. The number of hydrogen-bond acceptors (Lipinski definition) is 3. The van der Waals surface area contributed by atoms with E-state index in [2.05, 4.69) is 10.3 Å². The number of imidazole rings is 1. The van der Waals surface area contributed by atoms with Gasteiger partial charge in [-0.05, 0) is 18.2 Å². The fourth-order valence-electron chi connectivity index (χ4n) is 1.57. The van der Waals surface area contributed by atoms with Crippen molar-refractivity contribution in [2.75, 3.05) is 5.32 Å². The third-order valence-electron chi connectivity index (χ3n) is 2.60. The second kappa shape index (κ2) is 5.10. The minimum Gasteiger partial charge on any atom is -0.378 e. The molecule has 0 radical (unpaired) electrons. The molecule has 1 aromatic heterocycles. The maximum Gasteiger partial charge on any atom is 0.250 e. The van der Waals surface area contributed by atoms with E-state index in [1.54, 1.807) is 24.4 Å². The lowest BCUT2D eigenvalue weighted by Crippen LogP contribution is -2.12. The van der Waals surface area contributed by atoms with Crippen LogP contribution in [-0.2, 0) is 13.6 Å². The van der Waals surface area contributed by atoms with Crippen LogP contribution in [0.1, 0.15) is 16.2 Å². The number of amides is 1. The van der Waals surface area contributed by atoms with Gasteiger partial charge >= 0.3 is 0 Å². The smallest absolute Gasteiger partial charge is 0.250 e. The number of carbonyl (C=O) groups is 1. The fraction of sp³-hybridized carbons (Fsp3) is 0.167. The van der Waals surface area contributed by atoms with E-state index in [-0.39, 0.29) is 0 Å². The molecule has 0 unspecified atom stereocenters. The van der Waals surface area contributed by atoms with Crippen LogP contribution in [-0.4, -0.2) is 15.5 Å². The van der Waals surface area contributed by atoms with E-state index in [0.717, 1.165) is 11.5 Å². The molecule has 0 fully saturated rings. The summed E-state index contributed by atoms with van der Waals surface area (Å²) in [6.07, 6.45) is 3.60. The summed E-state index contributed by atoms with van der Waals surface area (Å²) in [5.74, 6) is 0.353. The molecule has 0 aliphatic carbocycles. The van der Waals surface area contributed by atoms with E-state index >= 15 is 0 Å². The van der Waals surface area contributed by atoms with Crippen molar-refractivity contribution >= 4 is 23.2 Å². The van der Waals surface area contributed by atoms with E-state index < -0.39 is 5.91 Å². The fourth-order valence-corrected chi connectivity index (χ4v) is 1.78. The van der Waals surface area contributed by atoms with Crippen LogP contribution in [0.5, 0.6) is 0 Å². The molecule has 5 nitrogen and oxygen atoms in total. The first-order valence-corrected chi connectivity index (χ1v) is 5.75.